The third-order valence-corrected chi connectivity index (χ3v) is 3.79. The standard InChI is InChI=1S/C14H21N3OS/c1-15-14(17-10-13-5-9-19-11-13)16-6-2-12-3-7-18-8-4-12/h3,5,9,11H,2,4,6-8,10H2,1H3,(H2,15,16,17). The summed E-state index contributed by atoms with van der Waals surface area (Å²) >= 11 is 1.72. The van der Waals surface area contributed by atoms with E-state index in [4.69, 9.17) is 4.74 Å². The molecule has 0 amide bonds. The molecule has 0 bridgehead atoms. The molecular formula is C14H21N3OS. The number of hydrogen-bond donors (Lipinski definition) is 2. The van der Waals surface area contributed by atoms with Gasteiger partial charge in [-0.3, -0.25) is 4.99 Å². The van der Waals surface area contributed by atoms with Gasteiger partial charge < -0.3 is 15.4 Å². The molecule has 1 aliphatic heterocycles. The van der Waals surface area contributed by atoms with Crippen molar-refractivity contribution in [1.82, 2.24) is 10.6 Å². The first-order chi connectivity index (χ1) is 9.38. The number of nitrogens with zero attached hydrogens (tertiary/aromatic N) is 1. The molecule has 1 aromatic rings. The number of rotatable bonds is 5. The predicted molar refractivity (Wildman–Crippen MR) is 80.7 cm³/mol. The van der Waals surface area contributed by atoms with Crippen molar-refractivity contribution < 1.29 is 4.74 Å². The number of guanidine groups is 1. The zero-order chi connectivity index (χ0) is 13.3. The van der Waals surface area contributed by atoms with E-state index < -0.39 is 0 Å². The Hall–Kier alpha value is -1.33. The first-order valence-electron chi connectivity index (χ1n) is 6.59. The largest absolute Gasteiger partial charge is 0.377 e. The minimum atomic E-state index is 0.764. The van der Waals surface area contributed by atoms with Crippen LogP contribution in [0.15, 0.2) is 33.5 Å². The van der Waals surface area contributed by atoms with Crippen molar-refractivity contribution >= 4 is 17.3 Å². The van der Waals surface area contributed by atoms with Crippen molar-refractivity contribution in [2.24, 2.45) is 4.99 Å². The minimum absolute atomic E-state index is 0.764. The smallest absolute Gasteiger partial charge is 0.191 e. The molecule has 2 rings (SSSR count). The lowest BCUT2D eigenvalue weighted by molar-refractivity contribution is 0.153. The fourth-order valence-corrected chi connectivity index (χ4v) is 2.60. The van der Waals surface area contributed by atoms with Gasteiger partial charge >= 0.3 is 0 Å². The summed E-state index contributed by atoms with van der Waals surface area (Å²) in [6.45, 7) is 3.35. The number of nitrogens with one attached hydrogen (secondary N) is 2. The second-order valence-corrected chi connectivity index (χ2v) is 5.20. The van der Waals surface area contributed by atoms with Gasteiger partial charge in [0.2, 0.25) is 0 Å². The molecule has 0 atom stereocenters. The van der Waals surface area contributed by atoms with Crippen LogP contribution in [0, 0.1) is 0 Å². The molecule has 4 nitrogen and oxygen atoms in total. The third-order valence-electron chi connectivity index (χ3n) is 3.06. The average molecular weight is 279 g/mol. The van der Waals surface area contributed by atoms with Crippen LogP contribution < -0.4 is 10.6 Å². The van der Waals surface area contributed by atoms with Crippen molar-refractivity contribution in [1.29, 1.82) is 0 Å². The van der Waals surface area contributed by atoms with Crippen LogP contribution in [0.2, 0.25) is 0 Å². The molecule has 19 heavy (non-hydrogen) atoms. The van der Waals surface area contributed by atoms with Gasteiger partial charge in [-0.1, -0.05) is 11.6 Å². The van der Waals surface area contributed by atoms with Crippen LogP contribution in [-0.2, 0) is 11.3 Å². The molecule has 0 aliphatic carbocycles. The second kappa shape index (κ2) is 7.96. The highest BCUT2D eigenvalue weighted by molar-refractivity contribution is 7.07. The summed E-state index contributed by atoms with van der Waals surface area (Å²) in [5, 5.41) is 10.9. The van der Waals surface area contributed by atoms with Crippen LogP contribution in [0.1, 0.15) is 18.4 Å². The van der Waals surface area contributed by atoms with E-state index in [2.05, 4.69) is 38.5 Å². The topological polar surface area (TPSA) is 45.7 Å². The third kappa shape index (κ3) is 5.04. The van der Waals surface area contributed by atoms with Gasteiger partial charge in [-0.25, -0.2) is 0 Å². The van der Waals surface area contributed by atoms with Crippen molar-refractivity contribution in [3.63, 3.8) is 0 Å². The van der Waals surface area contributed by atoms with Gasteiger partial charge in [0.1, 0.15) is 0 Å². The maximum Gasteiger partial charge on any atom is 0.191 e. The number of ether oxygens (including phenoxy) is 1. The van der Waals surface area contributed by atoms with Crippen LogP contribution in [0.3, 0.4) is 0 Å². The van der Waals surface area contributed by atoms with Crippen molar-refractivity contribution in [2.75, 3.05) is 26.8 Å². The van der Waals surface area contributed by atoms with Gasteiger partial charge in [0.05, 0.1) is 13.2 Å². The van der Waals surface area contributed by atoms with Gasteiger partial charge in [-0.2, -0.15) is 11.3 Å². The lowest BCUT2D eigenvalue weighted by atomic mass is 10.1. The van der Waals surface area contributed by atoms with Gasteiger partial charge in [-0.15, -0.1) is 0 Å². The molecule has 5 heteroatoms. The molecule has 0 saturated carbocycles. The van der Waals surface area contributed by atoms with Crippen molar-refractivity contribution in [3.8, 4) is 0 Å². The Bertz CT molecular complexity index is 426. The molecule has 0 fully saturated rings. The highest BCUT2D eigenvalue weighted by atomic mass is 32.1. The quantitative estimate of drug-likeness (QED) is 0.493. The Morgan fingerprint density at radius 2 is 2.42 bits per heavy atom. The summed E-state index contributed by atoms with van der Waals surface area (Å²) in [7, 11) is 1.80. The van der Waals surface area contributed by atoms with E-state index in [1.165, 1.54) is 11.1 Å². The second-order valence-electron chi connectivity index (χ2n) is 4.42. The zero-order valence-electron chi connectivity index (χ0n) is 11.3. The van der Waals surface area contributed by atoms with Crippen LogP contribution >= 0.6 is 11.3 Å². The van der Waals surface area contributed by atoms with Crippen molar-refractivity contribution in [3.05, 3.63) is 34.0 Å². The number of thiophene rings is 1. The van der Waals surface area contributed by atoms with Crippen LogP contribution in [0.5, 0.6) is 0 Å². The zero-order valence-corrected chi connectivity index (χ0v) is 12.1. The molecule has 0 saturated heterocycles. The molecule has 1 aliphatic rings. The lowest BCUT2D eigenvalue weighted by Crippen LogP contribution is -2.37. The number of aliphatic imine (C=N–C) groups is 1. The summed E-state index contributed by atoms with van der Waals surface area (Å²) in [5.41, 5.74) is 2.77. The minimum Gasteiger partial charge on any atom is -0.377 e. The van der Waals surface area contributed by atoms with E-state index in [0.717, 1.165) is 45.1 Å². The molecule has 2 N–H and O–H groups in total. The Balaban J connectivity index is 1.66. The summed E-state index contributed by atoms with van der Waals surface area (Å²) in [6.07, 6.45) is 4.30. The van der Waals surface area contributed by atoms with E-state index in [9.17, 15) is 0 Å². The van der Waals surface area contributed by atoms with E-state index in [1.54, 1.807) is 18.4 Å². The van der Waals surface area contributed by atoms with Gasteiger partial charge in [0.25, 0.3) is 0 Å². The average Bonchev–Trinajstić information content (AvgIpc) is 2.97. The Morgan fingerprint density at radius 1 is 1.47 bits per heavy atom. The van der Waals surface area contributed by atoms with E-state index in [-0.39, 0.29) is 0 Å². The Kier molecular flexibility index (Phi) is 5.91. The van der Waals surface area contributed by atoms with E-state index >= 15 is 0 Å². The number of hydrogen-bond acceptors (Lipinski definition) is 3. The molecule has 104 valence electrons. The van der Waals surface area contributed by atoms with E-state index in [1.807, 2.05) is 0 Å². The maximum atomic E-state index is 5.30. The molecule has 0 unspecified atom stereocenters. The first kappa shape index (κ1) is 14.1. The summed E-state index contributed by atoms with van der Waals surface area (Å²) in [6, 6.07) is 2.12. The van der Waals surface area contributed by atoms with Crippen LogP contribution in [0.25, 0.3) is 0 Å². The maximum absolute atomic E-state index is 5.30. The van der Waals surface area contributed by atoms with Crippen LogP contribution in [-0.4, -0.2) is 32.8 Å². The summed E-state index contributed by atoms with van der Waals surface area (Å²) in [4.78, 5) is 4.22. The molecule has 0 spiro atoms. The highest BCUT2D eigenvalue weighted by Gasteiger charge is 2.04. The molecular weight excluding hydrogens is 258 g/mol. The Labute approximate surface area is 118 Å². The summed E-state index contributed by atoms with van der Waals surface area (Å²) in [5.74, 6) is 0.860. The highest BCUT2D eigenvalue weighted by Crippen LogP contribution is 2.10. The van der Waals surface area contributed by atoms with Gasteiger partial charge in [-0.05, 0) is 35.2 Å². The normalized spacial score (nSPS) is 16.1. The van der Waals surface area contributed by atoms with Gasteiger partial charge in [0, 0.05) is 20.1 Å². The van der Waals surface area contributed by atoms with E-state index in [0.29, 0.717) is 0 Å². The first-order valence-corrected chi connectivity index (χ1v) is 7.54. The fourth-order valence-electron chi connectivity index (χ4n) is 1.93. The SMILES string of the molecule is CN=C(NCCC1=CCOCC1)NCc1ccsc1. The van der Waals surface area contributed by atoms with Crippen LogP contribution in [0.4, 0.5) is 0 Å². The van der Waals surface area contributed by atoms with Crippen molar-refractivity contribution in [2.45, 2.75) is 19.4 Å². The monoisotopic (exact) mass is 279 g/mol. The predicted octanol–water partition coefficient (Wildman–Crippen LogP) is 2.15. The fraction of sp³-hybridized carbons (Fsp3) is 0.500. The Morgan fingerprint density at radius 3 is 3.11 bits per heavy atom. The molecule has 0 radical (unpaired) electrons. The molecule has 0 aromatic carbocycles. The van der Waals surface area contributed by atoms with Gasteiger partial charge in [0.15, 0.2) is 5.96 Å². The lowest BCUT2D eigenvalue weighted by Gasteiger charge is -2.15. The molecule has 1 aromatic heterocycles. The molecule has 2 heterocycles. The summed E-state index contributed by atoms with van der Waals surface area (Å²) < 4.78 is 5.30.